The van der Waals surface area contributed by atoms with Crippen LogP contribution in [0, 0.1) is 15.9 Å². The van der Waals surface area contributed by atoms with E-state index in [9.17, 15) is 37.3 Å². The van der Waals surface area contributed by atoms with Gasteiger partial charge in [-0.05, 0) is 0 Å². The second-order valence-corrected chi connectivity index (χ2v) is 4.30. The fourth-order valence-corrected chi connectivity index (χ4v) is 1.61. The molecule has 0 atom stereocenters. The summed E-state index contributed by atoms with van der Waals surface area (Å²) < 4.78 is 60.2. The van der Waals surface area contributed by atoms with Crippen molar-refractivity contribution in [1.82, 2.24) is 0 Å². The first-order chi connectivity index (χ1) is 11.5. The second kappa shape index (κ2) is 7.59. The number of nitrogens with one attached hydrogen (secondary N) is 1. The maximum absolute atomic E-state index is 13.6. The summed E-state index contributed by atoms with van der Waals surface area (Å²) in [6, 6.07) is 0.139. The van der Waals surface area contributed by atoms with Crippen LogP contribution in [0.1, 0.15) is 5.56 Å². The maximum atomic E-state index is 13.6. The zero-order chi connectivity index (χ0) is 19.4. The molecule has 136 valence electrons. The number of hydrogen-bond donors (Lipinski definition) is 1. The van der Waals surface area contributed by atoms with Gasteiger partial charge in [-0.25, -0.2) is 14.0 Å². The number of carbonyl (C=O) groups is 2. The van der Waals surface area contributed by atoms with Crippen LogP contribution in [0.15, 0.2) is 23.9 Å². The average Bonchev–Trinajstić information content (AvgIpc) is 2.51. The van der Waals surface area contributed by atoms with Gasteiger partial charge in [0, 0.05) is 12.1 Å². The number of anilines is 1. The van der Waals surface area contributed by atoms with E-state index in [0.717, 1.165) is 14.2 Å². The monoisotopic (exact) mass is 366 g/mol. The lowest BCUT2D eigenvalue weighted by Crippen LogP contribution is -2.17. The minimum Gasteiger partial charge on any atom is -0.466 e. The molecule has 0 fully saturated rings. The molecule has 0 bridgehead atoms. The summed E-state index contributed by atoms with van der Waals surface area (Å²) in [4.78, 5) is 32.5. The van der Waals surface area contributed by atoms with Gasteiger partial charge < -0.3 is 14.8 Å². The third-order valence-electron chi connectivity index (χ3n) is 2.73. The number of rotatable bonds is 5. The number of nitro benzene ring substituents is 1. The summed E-state index contributed by atoms with van der Waals surface area (Å²) in [6.45, 7) is 0. The molecule has 25 heavy (non-hydrogen) atoms. The SMILES string of the molecule is COC(=O)/C=C(/Nc1cc(F)c(C(F)(F)F)cc1[N+](=O)[O-])C(=O)OC. The smallest absolute Gasteiger partial charge is 0.419 e. The lowest BCUT2D eigenvalue weighted by atomic mass is 10.1. The quantitative estimate of drug-likeness (QED) is 0.280. The van der Waals surface area contributed by atoms with E-state index in [1.165, 1.54) is 0 Å². The summed E-state index contributed by atoms with van der Waals surface area (Å²) >= 11 is 0. The Morgan fingerprint density at radius 3 is 2.28 bits per heavy atom. The highest BCUT2D eigenvalue weighted by molar-refractivity contribution is 5.99. The van der Waals surface area contributed by atoms with Crippen LogP contribution in [0.2, 0.25) is 0 Å². The predicted molar refractivity (Wildman–Crippen MR) is 73.8 cm³/mol. The van der Waals surface area contributed by atoms with Gasteiger partial charge in [-0.3, -0.25) is 10.1 Å². The van der Waals surface area contributed by atoms with E-state index < -0.39 is 51.5 Å². The van der Waals surface area contributed by atoms with Gasteiger partial charge in [0.05, 0.1) is 30.8 Å². The summed E-state index contributed by atoms with van der Waals surface area (Å²) in [6.07, 6.45) is -4.63. The van der Waals surface area contributed by atoms with Crippen molar-refractivity contribution in [2.45, 2.75) is 6.18 Å². The van der Waals surface area contributed by atoms with Crippen molar-refractivity contribution in [3.8, 4) is 0 Å². The number of nitro groups is 1. The number of alkyl halides is 3. The molecular weight excluding hydrogens is 356 g/mol. The Labute approximate surface area is 137 Å². The molecule has 0 aromatic heterocycles. The van der Waals surface area contributed by atoms with E-state index in [2.05, 4.69) is 9.47 Å². The molecule has 1 N–H and O–H groups in total. The number of esters is 2. The van der Waals surface area contributed by atoms with Crippen molar-refractivity contribution in [1.29, 1.82) is 0 Å². The lowest BCUT2D eigenvalue weighted by Gasteiger charge is -2.12. The zero-order valence-electron chi connectivity index (χ0n) is 12.6. The fraction of sp³-hybridized carbons (Fsp3) is 0.231. The molecule has 0 aliphatic rings. The number of ether oxygens (including phenoxy) is 2. The van der Waals surface area contributed by atoms with Gasteiger partial charge in [0.2, 0.25) is 0 Å². The minimum absolute atomic E-state index is 0.0370. The largest absolute Gasteiger partial charge is 0.466 e. The standard InChI is InChI=1S/C13H10F4N2O6/c1-24-11(20)5-9(12(21)25-2)18-8-4-7(14)6(13(15,16)17)3-10(8)19(22)23/h3-5,18H,1-2H3/b9-5+. The number of hydrogen-bond acceptors (Lipinski definition) is 7. The topological polar surface area (TPSA) is 108 Å². The Kier molecular flexibility index (Phi) is 6.03. The highest BCUT2D eigenvalue weighted by Gasteiger charge is 2.37. The number of nitrogens with zero attached hydrogens (tertiary/aromatic N) is 1. The number of carbonyl (C=O) groups excluding carboxylic acids is 2. The minimum atomic E-state index is -5.17. The summed E-state index contributed by atoms with van der Waals surface area (Å²) in [5.41, 5.74) is -4.54. The van der Waals surface area contributed by atoms with Crippen molar-refractivity contribution in [3.63, 3.8) is 0 Å². The van der Waals surface area contributed by atoms with Crippen molar-refractivity contribution in [3.05, 3.63) is 45.4 Å². The molecule has 0 amide bonds. The highest BCUT2D eigenvalue weighted by Crippen LogP contribution is 2.37. The molecule has 0 heterocycles. The third kappa shape index (κ3) is 4.89. The van der Waals surface area contributed by atoms with Gasteiger partial charge in [-0.15, -0.1) is 0 Å². The average molecular weight is 366 g/mol. The van der Waals surface area contributed by atoms with Crippen LogP contribution in [0.25, 0.3) is 0 Å². The zero-order valence-corrected chi connectivity index (χ0v) is 12.6. The van der Waals surface area contributed by atoms with Crippen LogP contribution in [0.3, 0.4) is 0 Å². The first kappa shape index (κ1) is 19.9. The van der Waals surface area contributed by atoms with E-state index in [1.54, 1.807) is 0 Å². The number of halogens is 4. The van der Waals surface area contributed by atoms with Crippen LogP contribution in [-0.2, 0) is 25.2 Å². The van der Waals surface area contributed by atoms with Crippen LogP contribution in [-0.4, -0.2) is 31.1 Å². The molecule has 0 aliphatic heterocycles. The van der Waals surface area contributed by atoms with Crippen LogP contribution >= 0.6 is 0 Å². The molecule has 0 spiro atoms. The van der Waals surface area contributed by atoms with Crippen LogP contribution in [0.4, 0.5) is 28.9 Å². The molecular formula is C13H10F4N2O6. The van der Waals surface area contributed by atoms with Crippen LogP contribution in [0.5, 0.6) is 0 Å². The predicted octanol–water partition coefficient (Wildman–Crippen LogP) is 2.39. The lowest BCUT2D eigenvalue weighted by molar-refractivity contribution is -0.384. The van der Waals surface area contributed by atoms with Crippen molar-refractivity contribution < 1.29 is 41.5 Å². The van der Waals surface area contributed by atoms with Gasteiger partial charge in [-0.2, -0.15) is 13.2 Å². The maximum Gasteiger partial charge on any atom is 0.419 e. The Morgan fingerprint density at radius 1 is 1.24 bits per heavy atom. The van der Waals surface area contributed by atoms with E-state index >= 15 is 0 Å². The van der Waals surface area contributed by atoms with Gasteiger partial charge in [0.1, 0.15) is 17.2 Å². The molecule has 0 radical (unpaired) electrons. The van der Waals surface area contributed by atoms with E-state index in [1.807, 2.05) is 5.32 Å². The first-order valence-electron chi connectivity index (χ1n) is 6.21. The van der Waals surface area contributed by atoms with Crippen molar-refractivity contribution in [2.24, 2.45) is 0 Å². The molecule has 0 saturated carbocycles. The normalized spacial score (nSPS) is 11.7. The summed E-state index contributed by atoms with van der Waals surface area (Å²) in [5.74, 6) is -4.08. The van der Waals surface area contributed by atoms with E-state index in [-0.39, 0.29) is 12.1 Å². The van der Waals surface area contributed by atoms with Crippen LogP contribution < -0.4 is 5.32 Å². The molecule has 0 saturated heterocycles. The first-order valence-corrected chi connectivity index (χ1v) is 6.21. The Bertz CT molecular complexity index is 745. The highest BCUT2D eigenvalue weighted by atomic mass is 19.4. The molecule has 1 aromatic carbocycles. The molecule has 0 aliphatic carbocycles. The molecule has 12 heteroatoms. The Balaban J connectivity index is 3.47. The van der Waals surface area contributed by atoms with Gasteiger partial charge in [-0.1, -0.05) is 0 Å². The Hall–Kier alpha value is -3.18. The van der Waals surface area contributed by atoms with E-state index in [4.69, 9.17) is 0 Å². The van der Waals surface area contributed by atoms with E-state index in [0.29, 0.717) is 6.08 Å². The van der Waals surface area contributed by atoms with Crippen molar-refractivity contribution in [2.75, 3.05) is 19.5 Å². The molecule has 1 rings (SSSR count). The fourth-order valence-electron chi connectivity index (χ4n) is 1.61. The summed E-state index contributed by atoms with van der Waals surface area (Å²) in [7, 11) is 1.88. The van der Waals surface area contributed by atoms with Gasteiger partial charge in [0.25, 0.3) is 5.69 Å². The van der Waals surface area contributed by atoms with Crippen molar-refractivity contribution >= 4 is 23.3 Å². The number of methoxy groups -OCH3 is 2. The van der Waals surface area contributed by atoms with Gasteiger partial charge >= 0.3 is 18.1 Å². The third-order valence-corrected chi connectivity index (χ3v) is 2.73. The molecule has 1 aromatic rings. The summed E-state index contributed by atoms with van der Waals surface area (Å²) in [5, 5.41) is 13.0. The number of benzene rings is 1. The second-order valence-electron chi connectivity index (χ2n) is 4.30. The molecule has 8 nitrogen and oxygen atoms in total. The Morgan fingerprint density at radius 2 is 1.84 bits per heavy atom. The molecule has 0 unspecified atom stereocenters. The van der Waals surface area contributed by atoms with Gasteiger partial charge in [0.15, 0.2) is 0 Å².